The van der Waals surface area contributed by atoms with Crippen LogP contribution in [0.5, 0.6) is 0 Å². The molecule has 1 heteroatoms. The maximum Gasteiger partial charge on any atom is 0.00344 e. The first-order valence-electron chi connectivity index (χ1n) is 6.17. The van der Waals surface area contributed by atoms with Gasteiger partial charge < -0.3 is 0 Å². The summed E-state index contributed by atoms with van der Waals surface area (Å²) < 4.78 is 0. The summed E-state index contributed by atoms with van der Waals surface area (Å²) in [5, 5.41) is 1.09. The van der Waals surface area contributed by atoms with Crippen LogP contribution in [0.2, 0.25) is 0 Å². The average molecular weight is 283 g/mol. The molecule has 0 atom stereocenters. The number of hydrogen-bond donors (Lipinski definition) is 0. The summed E-state index contributed by atoms with van der Waals surface area (Å²) >= 11 is 3.51. The summed E-state index contributed by atoms with van der Waals surface area (Å²) in [4.78, 5) is 0. The molecule has 0 aliphatic rings. The fourth-order valence-electron chi connectivity index (χ4n) is 1.93. The molecule has 0 fully saturated rings. The Labute approximate surface area is 109 Å². The highest BCUT2D eigenvalue weighted by atomic mass is 79.9. The van der Waals surface area contributed by atoms with Crippen molar-refractivity contribution in [3.05, 3.63) is 34.9 Å². The molecule has 0 aromatic heterocycles. The summed E-state index contributed by atoms with van der Waals surface area (Å²) in [6.45, 7) is 9.08. The second-order valence-corrected chi connectivity index (χ2v) is 6.17. The molecule has 0 N–H and O–H groups in total. The van der Waals surface area contributed by atoms with Crippen molar-refractivity contribution in [1.82, 2.24) is 0 Å². The number of halogens is 1. The van der Waals surface area contributed by atoms with Crippen LogP contribution in [0, 0.1) is 0 Å². The van der Waals surface area contributed by atoms with E-state index < -0.39 is 0 Å². The van der Waals surface area contributed by atoms with Gasteiger partial charge in [-0.2, -0.15) is 0 Å². The fourth-order valence-corrected chi connectivity index (χ4v) is 2.21. The van der Waals surface area contributed by atoms with Gasteiger partial charge in [0.1, 0.15) is 0 Å². The van der Waals surface area contributed by atoms with Gasteiger partial charge in [0.25, 0.3) is 0 Å². The second-order valence-electron chi connectivity index (χ2n) is 5.38. The van der Waals surface area contributed by atoms with Crippen molar-refractivity contribution in [3.63, 3.8) is 0 Å². The largest absolute Gasteiger partial charge is 0.0928 e. The molecule has 0 aliphatic heterocycles. The van der Waals surface area contributed by atoms with Gasteiger partial charge in [-0.05, 0) is 41.4 Å². The van der Waals surface area contributed by atoms with E-state index in [1.54, 1.807) is 0 Å². The molecule has 0 spiro atoms. The van der Waals surface area contributed by atoms with Gasteiger partial charge >= 0.3 is 0 Å². The Morgan fingerprint density at radius 2 is 1.81 bits per heavy atom. The maximum absolute atomic E-state index is 3.51. The van der Waals surface area contributed by atoms with E-state index in [0.717, 1.165) is 11.8 Å². The number of alkyl halides is 1. The molecule has 0 radical (unpaired) electrons. The molecule has 0 saturated carbocycles. The molecule has 0 unspecified atom stereocenters. The van der Waals surface area contributed by atoms with Gasteiger partial charge in [0, 0.05) is 5.33 Å². The zero-order valence-corrected chi connectivity index (χ0v) is 12.5. The number of benzene rings is 1. The van der Waals surface area contributed by atoms with Gasteiger partial charge in [-0.25, -0.2) is 0 Å². The lowest BCUT2D eigenvalue weighted by Gasteiger charge is -2.21. The van der Waals surface area contributed by atoms with Crippen LogP contribution in [0.15, 0.2) is 18.2 Å². The molecule has 1 aromatic carbocycles. The van der Waals surface area contributed by atoms with Crippen molar-refractivity contribution in [2.45, 2.75) is 52.4 Å². The summed E-state index contributed by atoms with van der Waals surface area (Å²) in [6, 6.07) is 7.00. The molecule has 0 aliphatic carbocycles. The van der Waals surface area contributed by atoms with Gasteiger partial charge in [0.15, 0.2) is 0 Å². The van der Waals surface area contributed by atoms with Crippen LogP contribution in [0.4, 0.5) is 0 Å². The van der Waals surface area contributed by atoms with Gasteiger partial charge in [0.05, 0.1) is 0 Å². The maximum atomic E-state index is 3.51. The molecule has 1 rings (SSSR count). The van der Waals surface area contributed by atoms with Crippen LogP contribution in [-0.2, 0) is 18.3 Å². The second kappa shape index (κ2) is 5.86. The Kier molecular flexibility index (Phi) is 5.04. The molecule has 90 valence electrons. The van der Waals surface area contributed by atoms with E-state index in [1.165, 1.54) is 29.5 Å². The molecular formula is C15H23Br. The Morgan fingerprint density at radius 1 is 1.12 bits per heavy atom. The summed E-state index contributed by atoms with van der Waals surface area (Å²) in [5.74, 6) is 0. The summed E-state index contributed by atoms with van der Waals surface area (Å²) in [7, 11) is 0. The van der Waals surface area contributed by atoms with Gasteiger partial charge in [-0.3, -0.25) is 0 Å². The van der Waals surface area contributed by atoms with Gasteiger partial charge in [-0.1, -0.05) is 61.8 Å². The molecule has 0 saturated heterocycles. The van der Waals surface area contributed by atoms with Crippen LogP contribution in [0.1, 0.15) is 50.8 Å². The van der Waals surface area contributed by atoms with Crippen LogP contribution >= 0.6 is 15.9 Å². The van der Waals surface area contributed by atoms with Crippen LogP contribution in [0.25, 0.3) is 0 Å². The van der Waals surface area contributed by atoms with Crippen molar-refractivity contribution in [2.24, 2.45) is 0 Å². The van der Waals surface area contributed by atoms with E-state index >= 15 is 0 Å². The van der Waals surface area contributed by atoms with E-state index in [4.69, 9.17) is 0 Å². The van der Waals surface area contributed by atoms with E-state index in [-0.39, 0.29) is 5.41 Å². The predicted molar refractivity (Wildman–Crippen MR) is 76.6 cm³/mol. The third-order valence-corrected chi connectivity index (χ3v) is 3.59. The lowest BCUT2D eigenvalue weighted by atomic mass is 9.84. The van der Waals surface area contributed by atoms with Crippen LogP contribution < -0.4 is 0 Å². The first-order chi connectivity index (χ1) is 7.49. The molecule has 0 amide bonds. The van der Waals surface area contributed by atoms with Crippen molar-refractivity contribution >= 4 is 15.9 Å². The SMILES string of the molecule is CCc1ccc(C(C)(C)C)cc1CCCBr. The Balaban J connectivity index is 3.01. The first-order valence-corrected chi connectivity index (χ1v) is 7.29. The molecule has 0 bridgehead atoms. The third-order valence-electron chi connectivity index (χ3n) is 3.03. The lowest BCUT2D eigenvalue weighted by Crippen LogP contribution is -2.12. The van der Waals surface area contributed by atoms with E-state index in [2.05, 4.69) is 61.8 Å². The van der Waals surface area contributed by atoms with E-state index in [9.17, 15) is 0 Å². The molecule has 1 aromatic rings. The average Bonchev–Trinajstić information content (AvgIpc) is 2.24. The topological polar surface area (TPSA) is 0 Å². The molecule has 0 heterocycles. The van der Waals surface area contributed by atoms with Crippen molar-refractivity contribution in [3.8, 4) is 0 Å². The zero-order valence-electron chi connectivity index (χ0n) is 10.9. The summed E-state index contributed by atoms with van der Waals surface area (Å²) in [5.41, 5.74) is 4.76. The highest BCUT2D eigenvalue weighted by Crippen LogP contribution is 2.25. The Bertz CT molecular complexity index is 334. The quantitative estimate of drug-likeness (QED) is 0.691. The Morgan fingerprint density at radius 3 is 2.31 bits per heavy atom. The molecule has 16 heavy (non-hydrogen) atoms. The number of hydrogen-bond acceptors (Lipinski definition) is 0. The monoisotopic (exact) mass is 282 g/mol. The number of rotatable bonds is 4. The first kappa shape index (κ1) is 13.8. The highest BCUT2D eigenvalue weighted by Gasteiger charge is 2.14. The fraction of sp³-hybridized carbons (Fsp3) is 0.600. The zero-order chi connectivity index (χ0) is 12.2. The Hall–Kier alpha value is -0.300. The minimum atomic E-state index is 0.259. The smallest absolute Gasteiger partial charge is 0.00344 e. The lowest BCUT2D eigenvalue weighted by molar-refractivity contribution is 0.588. The normalized spacial score (nSPS) is 11.8. The van der Waals surface area contributed by atoms with Crippen LogP contribution in [-0.4, -0.2) is 5.33 Å². The van der Waals surface area contributed by atoms with Crippen molar-refractivity contribution in [1.29, 1.82) is 0 Å². The predicted octanol–water partition coefficient (Wildman–Crippen LogP) is 4.87. The van der Waals surface area contributed by atoms with Gasteiger partial charge in [-0.15, -0.1) is 0 Å². The minimum absolute atomic E-state index is 0.259. The molecule has 0 nitrogen and oxygen atoms in total. The molecular weight excluding hydrogens is 260 g/mol. The van der Waals surface area contributed by atoms with Crippen molar-refractivity contribution < 1.29 is 0 Å². The van der Waals surface area contributed by atoms with Crippen LogP contribution in [0.3, 0.4) is 0 Å². The van der Waals surface area contributed by atoms with Crippen molar-refractivity contribution in [2.75, 3.05) is 5.33 Å². The van der Waals surface area contributed by atoms with E-state index in [1.807, 2.05) is 0 Å². The highest BCUT2D eigenvalue weighted by molar-refractivity contribution is 9.09. The minimum Gasteiger partial charge on any atom is -0.0928 e. The van der Waals surface area contributed by atoms with Gasteiger partial charge in [0.2, 0.25) is 0 Å². The number of aryl methyl sites for hydroxylation is 2. The van der Waals surface area contributed by atoms with E-state index in [0.29, 0.717) is 0 Å². The summed E-state index contributed by atoms with van der Waals surface area (Å²) in [6.07, 6.45) is 3.56. The third kappa shape index (κ3) is 3.62. The standard InChI is InChI=1S/C15H23Br/c1-5-12-8-9-14(15(2,3)4)11-13(12)7-6-10-16/h8-9,11H,5-7,10H2,1-4H3.